The molecule has 0 saturated heterocycles. The Kier molecular flexibility index (Phi) is 5.10. The van der Waals surface area contributed by atoms with E-state index < -0.39 is 8.32 Å². The predicted molar refractivity (Wildman–Crippen MR) is 110 cm³/mol. The van der Waals surface area contributed by atoms with Crippen molar-refractivity contribution >= 4 is 8.32 Å². The summed E-state index contributed by atoms with van der Waals surface area (Å²) in [6, 6.07) is 15.5. The lowest BCUT2D eigenvalue weighted by atomic mass is 9.86. The van der Waals surface area contributed by atoms with Gasteiger partial charge >= 0.3 is 0 Å². The van der Waals surface area contributed by atoms with Crippen molar-refractivity contribution in [2.75, 3.05) is 0 Å². The molecule has 2 aromatic rings. The summed E-state index contributed by atoms with van der Waals surface area (Å²) in [6.45, 7) is 14.1. The van der Waals surface area contributed by atoms with Crippen LogP contribution in [0.3, 0.4) is 0 Å². The summed E-state index contributed by atoms with van der Waals surface area (Å²) >= 11 is 0. The SMILES string of the molecule is CC(C)[Si](Oc1cccc2c1Cc1ccccc1C2)(C(C)C)C(C)C. The lowest BCUT2D eigenvalue weighted by Gasteiger charge is -2.43. The molecule has 0 N–H and O–H groups in total. The first kappa shape index (κ1) is 18.3. The van der Waals surface area contributed by atoms with Crippen molar-refractivity contribution in [2.24, 2.45) is 0 Å². The van der Waals surface area contributed by atoms with E-state index in [9.17, 15) is 0 Å². The maximum Gasteiger partial charge on any atom is 0.258 e. The van der Waals surface area contributed by atoms with Crippen LogP contribution in [-0.4, -0.2) is 8.32 Å². The zero-order valence-corrected chi connectivity index (χ0v) is 17.6. The second-order valence-corrected chi connectivity index (χ2v) is 13.8. The van der Waals surface area contributed by atoms with Gasteiger partial charge < -0.3 is 4.43 Å². The number of hydrogen-bond acceptors (Lipinski definition) is 1. The van der Waals surface area contributed by atoms with Crippen LogP contribution in [-0.2, 0) is 12.8 Å². The molecule has 0 heterocycles. The zero-order valence-electron chi connectivity index (χ0n) is 16.6. The fraction of sp³-hybridized carbons (Fsp3) is 0.478. The molecule has 134 valence electrons. The van der Waals surface area contributed by atoms with E-state index in [1.807, 2.05) is 0 Å². The minimum Gasteiger partial charge on any atom is -0.542 e. The Morgan fingerprint density at radius 2 is 1.20 bits per heavy atom. The van der Waals surface area contributed by atoms with Crippen LogP contribution in [0, 0.1) is 0 Å². The Morgan fingerprint density at radius 1 is 0.680 bits per heavy atom. The van der Waals surface area contributed by atoms with E-state index in [-0.39, 0.29) is 0 Å². The molecule has 1 aliphatic rings. The summed E-state index contributed by atoms with van der Waals surface area (Å²) in [7, 11) is -1.92. The van der Waals surface area contributed by atoms with Gasteiger partial charge in [0.25, 0.3) is 8.32 Å². The van der Waals surface area contributed by atoms with Gasteiger partial charge in [-0.3, -0.25) is 0 Å². The number of benzene rings is 2. The normalized spacial score (nSPS) is 14.0. The van der Waals surface area contributed by atoms with Crippen molar-refractivity contribution in [2.45, 2.75) is 71.0 Å². The van der Waals surface area contributed by atoms with Gasteiger partial charge in [0.1, 0.15) is 5.75 Å². The summed E-state index contributed by atoms with van der Waals surface area (Å²) in [5.41, 5.74) is 7.57. The van der Waals surface area contributed by atoms with E-state index in [2.05, 4.69) is 84.0 Å². The minimum absolute atomic E-state index is 0.597. The van der Waals surface area contributed by atoms with Crippen LogP contribution in [0.4, 0.5) is 0 Å². The molecular formula is C23H32OSi. The maximum atomic E-state index is 7.04. The second kappa shape index (κ2) is 6.99. The van der Waals surface area contributed by atoms with Crippen LogP contribution < -0.4 is 4.43 Å². The Bertz CT molecular complexity index is 724. The quantitative estimate of drug-likeness (QED) is 0.462. The summed E-state index contributed by atoms with van der Waals surface area (Å²) in [5.74, 6) is 1.15. The molecule has 0 amide bonds. The molecule has 0 spiro atoms. The Labute approximate surface area is 154 Å². The standard InChI is InChI=1S/C23H32OSi/c1-16(2)25(17(3)4,18(5)6)24-23-13-9-12-21-14-19-10-7-8-11-20(19)15-22(21)23/h7-13,16-18H,14-15H2,1-6H3. The smallest absolute Gasteiger partial charge is 0.258 e. The van der Waals surface area contributed by atoms with Gasteiger partial charge in [-0.2, -0.15) is 0 Å². The molecule has 0 unspecified atom stereocenters. The summed E-state index contributed by atoms with van der Waals surface area (Å²) in [5, 5.41) is 0. The van der Waals surface area contributed by atoms with E-state index in [4.69, 9.17) is 4.43 Å². The van der Waals surface area contributed by atoms with E-state index in [1.54, 1.807) is 0 Å². The van der Waals surface area contributed by atoms with Crippen LogP contribution in [0.1, 0.15) is 63.8 Å². The summed E-state index contributed by atoms with van der Waals surface area (Å²) < 4.78 is 7.04. The molecule has 1 aliphatic carbocycles. The van der Waals surface area contributed by atoms with Crippen molar-refractivity contribution in [3.8, 4) is 5.75 Å². The Balaban J connectivity index is 2.03. The van der Waals surface area contributed by atoms with E-state index >= 15 is 0 Å². The molecule has 3 rings (SSSR count). The third-order valence-corrected chi connectivity index (χ3v) is 12.1. The van der Waals surface area contributed by atoms with Gasteiger partial charge in [-0.25, -0.2) is 0 Å². The highest BCUT2D eigenvalue weighted by Gasteiger charge is 2.47. The first-order valence-electron chi connectivity index (χ1n) is 9.72. The molecule has 1 nitrogen and oxygen atoms in total. The third kappa shape index (κ3) is 3.17. The molecule has 2 aromatic carbocycles. The maximum absolute atomic E-state index is 7.04. The van der Waals surface area contributed by atoms with Crippen molar-refractivity contribution in [3.05, 3.63) is 64.7 Å². The highest BCUT2D eigenvalue weighted by atomic mass is 28.4. The van der Waals surface area contributed by atoms with Crippen LogP contribution in [0.25, 0.3) is 0 Å². The average Bonchev–Trinajstić information content (AvgIpc) is 2.57. The number of rotatable bonds is 5. The molecule has 2 heteroatoms. The van der Waals surface area contributed by atoms with Crippen molar-refractivity contribution < 1.29 is 4.43 Å². The topological polar surface area (TPSA) is 9.23 Å². The van der Waals surface area contributed by atoms with Crippen LogP contribution in [0.2, 0.25) is 16.6 Å². The lowest BCUT2D eigenvalue weighted by Crippen LogP contribution is -2.51. The molecule has 0 atom stereocenters. The molecule has 0 bridgehead atoms. The van der Waals surface area contributed by atoms with Gasteiger partial charge in [-0.1, -0.05) is 77.9 Å². The molecule has 0 aromatic heterocycles. The van der Waals surface area contributed by atoms with Gasteiger partial charge in [-0.05, 0) is 45.8 Å². The Hall–Kier alpha value is -1.54. The average molecular weight is 353 g/mol. The second-order valence-electron chi connectivity index (χ2n) is 8.44. The summed E-state index contributed by atoms with van der Waals surface area (Å²) in [4.78, 5) is 0. The molecule has 0 radical (unpaired) electrons. The van der Waals surface area contributed by atoms with Gasteiger partial charge in [0.15, 0.2) is 0 Å². The third-order valence-electron chi connectivity index (χ3n) is 6.09. The van der Waals surface area contributed by atoms with E-state index in [0.29, 0.717) is 16.6 Å². The van der Waals surface area contributed by atoms with Gasteiger partial charge in [-0.15, -0.1) is 0 Å². The minimum atomic E-state index is -1.92. The molecule has 0 aliphatic heterocycles. The number of fused-ring (bicyclic) bond motifs is 2. The number of hydrogen-bond donors (Lipinski definition) is 0. The van der Waals surface area contributed by atoms with E-state index in [0.717, 1.165) is 18.6 Å². The van der Waals surface area contributed by atoms with Crippen LogP contribution in [0.5, 0.6) is 5.75 Å². The van der Waals surface area contributed by atoms with Crippen molar-refractivity contribution in [3.63, 3.8) is 0 Å². The largest absolute Gasteiger partial charge is 0.542 e. The lowest BCUT2D eigenvalue weighted by molar-refractivity contribution is 0.474. The van der Waals surface area contributed by atoms with Crippen molar-refractivity contribution in [1.82, 2.24) is 0 Å². The first-order valence-corrected chi connectivity index (χ1v) is 11.9. The predicted octanol–water partition coefficient (Wildman–Crippen LogP) is 6.74. The first-order chi connectivity index (χ1) is 11.9. The molecule has 0 saturated carbocycles. The van der Waals surface area contributed by atoms with Gasteiger partial charge in [0, 0.05) is 12.0 Å². The van der Waals surface area contributed by atoms with Gasteiger partial charge in [0.05, 0.1) is 0 Å². The molecule has 25 heavy (non-hydrogen) atoms. The van der Waals surface area contributed by atoms with Crippen LogP contribution in [0.15, 0.2) is 42.5 Å². The van der Waals surface area contributed by atoms with Gasteiger partial charge in [0.2, 0.25) is 0 Å². The van der Waals surface area contributed by atoms with E-state index in [1.165, 1.54) is 22.3 Å². The molecular weight excluding hydrogens is 320 g/mol. The molecule has 0 fully saturated rings. The highest BCUT2D eigenvalue weighted by molar-refractivity contribution is 6.78. The Morgan fingerprint density at radius 3 is 1.76 bits per heavy atom. The van der Waals surface area contributed by atoms with Crippen molar-refractivity contribution in [1.29, 1.82) is 0 Å². The zero-order chi connectivity index (χ0) is 18.2. The fourth-order valence-electron chi connectivity index (χ4n) is 4.92. The highest BCUT2D eigenvalue weighted by Crippen LogP contribution is 2.44. The monoisotopic (exact) mass is 352 g/mol. The summed E-state index contributed by atoms with van der Waals surface area (Å²) in [6.07, 6.45) is 2.03. The fourth-order valence-corrected chi connectivity index (χ4v) is 10.2. The van der Waals surface area contributed by atoms with Crippen LogP contribution >= 0.6 is 0 Å².